The van der Waals surface area contributed by atoms with Crippen LogP contribution in [0.3, 0.4) is 0 Å². The van der Waals surface area contributed by atoms with E-state index in [-0.39, 0.29) is 22.9 Å². The van der Waals surface area contributed by atoms with E-state index in [1.54, 1.807) is 42.2 Å². The highest BCUT2D eigenvalue weighted by atomic mass is 32.2. The van der Waals surface area contributed by atoms with Crippen LogP contribution in [0.2, 0.25) is 0 Å². The molecular formula is C17H22N4O3S. The third-order valence-corrected chi connectivity index (χ3v) is 5.81. The van der Waals surface area contributed by atoms with E-state index in [1.807, 2.05) is 0 Å². The average Bonchev–Trinajstić information content (AvgIpc) is 3.03. The molecule has 8 heteroatoms. The number of amides is 1. The molecule has 0 radical (unpaired) electrons. The zero-order valence-electron chi connectivity index (χ0n) is 14.1. The van der Waals surface area contributed by atoms with E-state index in [0.29, 0.717) is 12.1 Å². The van der Waals surface area contributed by atoms with Crippen molar-refractivity contribution < 1.29 is 13.2 Å². The number of benzene rings is 1. The molecule has 1 aromatic carbocycles. The predicted octanol–water partition coefficient (Wildman–Crippen LogP) is 1.53. The fraction of sp³-hybridized carbons (Fsp3) is 0.412. The lowest BCUT2D eigenvalue weighted by Gasteiger charge is -2.26. The molecule has 0 bridgehead atoms. The first-order valence-electron chi connectivity index (χ1n) is 8.35. The summed E-state index contributed by atoms with van der Waals surface area (Å²) >= 11 is 0. The first kappa shape index (κ1) is 17.6. The Kier molecular flexibility index (Phi) is 5.19. The number of carbonyl (C=O) groups is 1. The molecule has 0 saturated heterocycles. The standard InChI is InChI=1S/C17H22N4O3S/c1-13(12-21-10-4-9-18-21)20-25(23,24)16-8-2-5-14(11-16)17(22)19-15-6-3-7-15/h2,4-5,8-11,13,15,20H,3,6-7,12H2,1H3,(H,19,22)/t13-/m1/s1. The molecule has 134 valence electrons. The normalized spacial score (nSPS) is 16.2. The Morgan fingerprint density at radius 3 is 2.80 bits per heavy atom. The summed E-state index contributed by atoms with van der Waals surface area (Å²) in [6, 6.07) is 7.77. The number of carbonyl (C=O) groups excluding carboxylic acids is 1. The van der Waals surface area contributed by atoms with Crippen molar-refractivity contribution in [2.24, 2.45) is 0 Å². The second-order valence-electron chi connectivity index (χ2n) is 6.38. The van der Waals surface area contributed by atoms with Crippen molar-refractivity contribution in [2.75, 3.05) is 0 Å². The highest BCUT2D eigenvalue weighted by Crippen LogP contribution is 2.19. The summed E-state index contributed by atoms with van der Waals surface area (Å²) in [6.07, 6.45) is 6.51. The lowest BCUT2D eigenvalue weighted by Crippen LogP contribution is -2.39. The average molecular weight is 362 g/mol. The van der Waals surface area contributed by atoms with Crippen molar-refractivity contribution in [3.05, 3.63) is 48.3 Å². The predicted molar refractivity (Wildman–Crippen MR) is 93.6 cm³/mol. The molecule has 0 aliphatic heterocycles. The second kappa shape index (κ2) is 7.37. The summed E-state index contributed by atoms with van der Waals surface area (Å²) in [5.74, 6) is -0.230. The number of nitrogens with zero attached hydrogens (tertiary/aromatic N) is 2. The Bertz CT molecular complexity index is 829. The molecule has 3 rings (SSSR count). The third-order valence-electron chi connectivity index (χ3n) is 4.22. The van der Waals surface area contributed by atoms with Crippen molar-refractivity contribution in [3.8, 4) is 0 Å². The number of hydrogen-bond acceptors (Lipinski definition) is 4. The largest absolute Gasteiger partial charge is 0.349 e. The maximum absolute atomic E-state index is 12.6. The molecule has 1 aliphatic rings. The van der Waals surface area contributed by atoms with E-state index in [2.05, 4.69) is 15.1 Å². The lowest BCUT2D eigenvalue weighted by atomic mass is 9.93. The number of rotatable bonds is 7. The summed E-state index contributed by atoms with van der Waals surface area (Å²) in [5, 5.41) is 6.98. The molecule has 1 atom stereocenters. The molecule has 25 heavy (non-hydrogen) atoms. The Balaban J connectivity index is 1.68. The van der Waals surface area contributed by atoms with Crippen LogP contribution in [-0.2, 0) is 16.6 Å². The molecule has 2 N–H and O–H groups in total. The van der Waals surface area contributed by atoms with E-state index in [9.17, 15) is 13.2 Å². The van der Waals surface area contributed by atoms with E-state index in [4.69, 9.17) is 0 Å². The first-order valence-corrected chi connectivity index (χ1v) is 9.83. The van der Waals surface area contributed by atoms with Crippen LogP contribution in [0.25, 0.3) is 0 Å². The number of aromatic nitrogens is 2. The Labute approximate surface area is 147 Å². The summed E-state index contributed by atoms with van der Waals surface area (Å²) < 4.78 is 29.4. The minimum atomic E-state index is -3.71. The van der Waals surface area contributed by atoms with Crippen LogP contribution in [-0.4, -0.2) is 36.2 Å². The van der Waals surface area contributed by atoms with Gasteiger partial charge in [-0.1, -0.05) is 6.07 Å². The smallest absolute Gasteiger partial charge is 0.251 e. The maximum atomic E-state index is 12.6. The van der Waals surface area contributed by atoms with Crippen molar-refractivity contribution in [2.45, 2.75) is 49.7 Å². The number of sulfonamides is 1. The Morgan fingerprint density at radius 2 is 2.16 bits per heavy atom. The van der Waals surface area contributed by atoms with Gasteiger partial charge < -0.3 is 5.32 Å². The monoisotopic (exact) mass is 362 g/mol. The SMILES string of the molecule is C[C@H](Cn1cccn1)NS(=O)(=O)c1cccc(C(=O)NC2CCC2)c1. The number of nitrogens with one attached hydrogen (secondary N) is 2. The van der Waals surface area contributed by atoms with Crippen LogP contribution in [0.4, 0.5) is 0 Å². The second-order valence-corrected chi connectivity index (χ2v) is 8.09. The molecule has 1 amide bonds. The van der Waals surface area contributed by atoms with Gasteiger partial charge in [-0.3, -0.25) is 9.48 Å². The van der Waals surface area contributed by atoms with Crippen LogP contribution in [0.15, 0.2) is 47.6 Å². The first-order chi connectivity index (χ1) is 11.9. The van der Waals surface area contributed by atoms with Gasteiger partial charge in [0.05, 0.1) is 11.4 Å². The van der Waals surface area contributed by atoms with Crippen molar-refractivity contribution in [3.63, 3.8) is 0 Å². The van der Waals surface area contributed by atoms with Crippen LogP contribution >= 0.6 is 0 Å². The van der Waals surface area contributed by atoms with Gasteiger partial charge in [0.2, 0.25) is 10.0 Å². The van der Waals surface area contributed by atoms with Gasteiger partial charge in [0, 0.05) is 30.0 Å². The zero-order valence-corrected chi connectivity index (χ0v) is 14.9. The molecule has 0 spiro atoms. The van der Waals surface area contributed by atoms with Gasteiger partial charge in [0.1, 0.15) is 0 Å². The minimum Gasteiger partial charge on any atom is -0.349 e. The third kappa shape index (κ3) is 4.46. The van der Waals surface area contributed by atoms with Crippen molar-refractivity contribution in [1.82, 2.24) is 19.8 Å². The molecule has 7 nitrogen and oxygen atoms in total. The van der Waals surface area contributed by atoms with Gasteiger partial charge in [-0.05, 0) is 50.5 Å². The molecule has 2 aromatic rings. The zero-order chi connectivity index (χ0) is 17.9. The summed E-state index contributed by atoms with van der Waals surface area (Å²) in [6.45, 7) is 2.19. The summed E-state index contributed by atoms with van der Waals surface area (Å²) in [7, 11) is -3.71. The van der Waals surface area contributed by atoms with Gasteiger partial charge in [0.15, 0.2) is 0 Å². The van der Waals surface area contributed by atoms with E-state index >= 15 is 0 Å². The maximum Gasteiger partial charge on any atom is 0.251 e. The molecule has 1 heterocycles. The summed E-state index contributed by atoms with van der Waals surface area (Å²) in [4.78, 5) is 12.3. The molecular weight excluding hydrogens is 340 g/mol. The van der Waals surface area contributed by atoms with Gasteiger partial charge in [0.25, 0.3) is 5.91 Å². The Hall–Kier alpha value is -2.19. The van der Waals surface area contributed by atoms with E-state index in [0.717, 1.165) is 19.3 Å². The lowest BCUT2D eigenvalue weighted by molar-refractivity contribution is 0.0916. The van der Waals surface area contributed by atoms with Gasteiger partial charge in [-0.15, -0.1) is 0 Å². The molecule has 0 unspecified atom stereocenters. The summed E-state index contributed by atoms with van der Waals surface area (Å²) in [5.41, 5.74) is 0.356. The highest BCUT2D eigenvalue weighted by Gasteiger charge is 2.22. The molecule has 1 aliphatic carbocycles. The quantitative estimate of drug-likeness (QED) is 0.781. The van der Waals surface area contributed by atoms with Crippen LogP contribution in [0, 0.1) is 0 Å². The molecule has 1 aromatic heterocycles. The fourth-order valence-corrected chi connectivity index (χ4v) is 3.97. The number of hydrogen-bond donors (Lipinski definition) is 2. The van der Waals surface area contributed by atoms with Crippen LogP contribution in [0.5, 0.6) is 0 Å². The van der Waals surface area contributed by atoms with Crippen molar-refractivity contribution >= 4 is 15.9 Å². The highest BCUT2D eigenvalue weighted by molar-refractivity contribution is 7.89. The molecule has 1 saturated carbocycles. The Morgan fingerprint density at radius 1 is 1.36 bits per heavy atom. The van der Waals surface area contributed by atoms with Gasteiger partial charge in [-0.2, -0.15) is 5.10 Å². The topological polar surface area (TPSA) is 93.1 Å². The fourth-order valence-electron chi connectivity index (χ4n) is 2.69. The molecule has 1 fully saturated rings. The van der Waals surface area contributed by atoms with E-state index < -0.39 is 10.0 Å². The van der Waals surface area contributed by atoms with Gasteiger partial charge >= 0.3 is 0 Å². The van der Waals surface area contributed by atoms with Crippen LogP contribution < -0.4 is 10.0 Å². The van der Waals surface area contributed by atoms with Crippen LogP contribution in [0.1, 0.15) is 36.5 Å². The van der Waals surface area contributed by atoms with E-state index in [1.165, 1.54) is 12.1 Å². The minimum absolute atomic E-state index is 0.0843. The van der Waals surface area contributed by atoms with Gasteiger partial charge in [-0.25, -0.2) is 13.1 Å². The van der Waals surface area contributed by atoms with Crippen molar-refractivity contribution in [1.29, 1.82) is 0 Å².